The Morgan fingerprint density at radius 1 is 1.30 bits per heavy atom. The van der Waals surface area contributed by atoms with Crippen molar-refractivity contribution in [3.05, 3.63) is 58.9 Å². The van der Waals surface area contributed by atoms with Gasteiger partial charge in [-0.05, 0) is 30.7 Å². The number of hydrogen-bond donors (Lipinski definition) is 2. The summed E-state index contributed by atoms with van der Waals surface area (Å²) in [5, 5.41) is 21.1. The van der Waals surface area contributed by atoms with Crippen LogP contribution in [0, 0.1) is 24.1 Å². The molecule has 0 bridgehead atoms. The summed E-state index contributed by atoms with van der Waals surface area (Å²) in [6, 6.07) is 10.5. The molecule has 0 saturated carbocycles. The van der Waals surface area contributed by atoms with Crippen LogP contribution in [0.5, 0.6) is 5.75 Å². The number of nitrogens with zero attached hydrogens (tertiary/aromatic N) is 1. The molecule has 1 amide bonds. The van der Waals surface area contributed by atoms with E-state index < -0.39 is 23.0 Å². The van der Waals surface area contributed by atoms with Crippen LogP contribution in [0.15, 0.2) is 36.4 Å². The van der Waals surface area contributed by atoms with Crippen LogP contribution >= 0.6 is 0 Å². The number of phenolic OH excluding ortho intramolecular Hbond substituents is 1. The number of carbonyl (C=O) groups excluding carboxylic acids is 1. The molecule has 0 aliphatic carbocycles. The first kappa shape index (κ1) is 13.6. The zero-order chi connectivity index (χ0) is 14.7. The summed E-state index contributed by atoms with van der Waals surface area (Å²) < 4.78 is 13.6. The zero-order valence-corrected chi connectivity index (χ0v) is 10.6. The number of hydrogen-bond acceptors (Lipinski definition) is 3. The lowest BCUT2D eigenvalue weighted by molar-refractivity contribution is 0.102. The fraction of sp³-hybridized carbons (Fsp3) is 0.0667. The Hall–Kier alpha value is -2.87. The number of aromatic hydroxyl groups is 1. The van der Waals surface area contributed by atoms with E-state index >= 15 is 0 Å². The van der Waals surface area contributed by atoms with E-state index in [2.05, 4.69) is 5.32 Å². The highest BCUT2D eigenvalue weighted by molar-refractivity contribution is 6.06. The molecule has 2 N–H and O–H groups in total. The normalized spacial score (nSPS) is 9.85. The molecule has 0 aromatic heterocycles. The van der Waals surface area contributed by atoms with Crippen molar-refractivity contribution >= 4 is 11.6 Å². The quantitative estimate of drug-likeness (QED) is 0.881. The first-order chi connectivity index (χ1) is 9.54. The fourth-order valence-electron chi connectivity index (χ4n) is 1.84. The molecule has 4 nitrogen and oxygen atoms in total. The molecular weight excluding hydrogens is 259 g/mol. The summed E-state index contributed by atoms with van der Waals surface area (Å²) in [6.07, 6.45) is 0. The number of anilines is 1. The van der Waals surface area contributed by atoms with E-state index in [0.717, 1.165) is 6.07 Å². The Morgan fingerprint density at radius 3 is 2.65 bits per heavy atom. The maximum Gasteiger partial charge on any atom is 0.262 e. The molecule has 2 aromatic carbocycles. The molecular formula is C15H11FN2O2. The second kappa shape index (κ2) is 5.41. The number of amides is 1. The minimum atomic E-state index is -0.825. The van der Waals surface area contributed by atoms with Gasteiger partial charge in [-0.2, -0.15) is 5.26 Å². The summed E-state index contributed by atoms with van der Waals surface area (Å²) in [7, 11) is 0. The van der Waals surface area contributed by atoms with Crippen LogP contribution in [0.25, 0.3) is 0 Å². The second-order valence-corrected chi connectivity index (χ2v) is 4.20. The Balaban J connectivity index is 2.39. The Kier molecular flexibility index (Phi) is 3.67. The van der Waals surface area contributed by atoms with Crippen LogP contribution < -0.4 is 5.32 Å². The molecule has 0 aliphatic heterocycles. The first-order valence-electron chi connectivity index (χ1n) is 5.83. The van der Waals surface area contributed by atoms with Gasteiger partial charge in [0, 0.05) is 0 Å². The van der Waals surface area contributed by atoms with Crippen molar-refractivity contribution in [3.63, 3.8) is 0 Å². The lowest BCUT2D eigenvalue weighted by Gasteiger charge is -2.10. The summed E-state index contributed by atoms with van der Waals surface area (Å²) in [5.41, 5.74) is 0.831. The third-order valence-electron chi connectivity index (χ3n) is 2.85. The molecule has 100 valence electrons. The van der Waals surface area contributed by atoms with Gasteiger partial charge < -0.3 is 10.4 Å². The molecule has 20 heavy (non-hydrogen) atoms. The fourth-order valence-corrected chi connectivity index (χ4v) is 1.84. The van der Waals surface area contributed by atoms with Crippen LogP contribution in [-0.2, 0) is 0 Å². The van der Waals surface area contributed by atoms with Gasteiger partial charge in [-0.1, -0.05) is 18.2 Å². The number of aryl methyl sites for hydroxylation is 1. The number of nitriles is 1. The van der Waals surface area contributed by atoms with Crippen molar-refractivity contribution in [3.8, 4) is 11.8 Å². The van der Waals surface area contributed by atoms with E-state index in [9.17, 15) is 14.3 Å². The van der Waals surface area contributed by atoms with Crippen LogP contribution in [0.4, 0.5) is 10.1 Å². The highest BCUT2D eigenvalue weighted by atomic mass is 19.1. The molecule has 2 rings (SSSR count). The maximum absolute atomic E-state index is 13.6. The Morgan fingerprint density at radius 2 is 2.00 bits per heavy atom. The van der Waals surface area contributed by atoms with Crippen molar-refractivity contribution in [1.82, 2.24) is 0 Å². The molecule has 0 unspecified atom stereocenters. The standard InChI is InChI=1S/C15H11FN2O2/c1-9-4-2-6-12(10(9)8-17)18-15(20)14-11(16)5-3-7-13(14)19/h2-7,19H,1H3,(H,18,20). The Bertz CT molecular complexity index is 700. The summed E-state index contributed by atoms with van der Waals surface area (Å²) in [6.45, 7) is 1.73. The minimum absolute atomic E-state index is 0.278. The van der Waals surface area contributed by atoms with Crippen LogP contribution in [0.3, 0.4) is 0 Å². The average Bonchev–Trinajstić information content (AvgIpc) is 2.38. The Labute approximate surface area is 115 Å². The van der Waals surface area contributed by atoms with Crippen LogP contribution in [-0.4, -0.2) is 11.0 Å². The SMILES string of the molecule is Cc1cccc(NC(=O)c2c(O)cccc2F)c1C#N. The van der Waals surface area contributed by atoms with Gasteiger partial charge in [0.25, 0.3) is 5.91 Å². The van der Waals surface area contributed by atoms with E-state index in [4.69, 9.17) is 5.26 Å². The number of halogens is 1. The van der Waals surface area contributed by atoms with E-state index in [-0.39, 0.29) is 5.69 Å². The van der Waals surface area contributed by atoms with Crippen LogP contribution in [0.2, 0.25) is 0 Å². The van der Waals surface area contributed by atoms with Gasteiger partial charge in [-0.3, -0.25) is 4.79 Å². The van der Waals surface area contributed by atoms with Gasteiger partial charge in [-0.15, -0.1) is 0 Å². The zero-order valence-electron chi connectivity index (χ0n) is 10.6. The second-order valence-electron chi connectivity index (χ2n) is 4.20. The van der Waals surface area contributed by atoms with Crippen LogP contribution in [0.1, 0.15) is 21.5 Å². The predicted octanol–water partition coefficient (Wildman–Crippen LogP) is 2.96. The van der Waals surface area contributed by atoms with Gasteiger partial charge >= 0.3 is 0 Å². The van der Waals surface area contributed by atoms with Gasteiger partial charge in [0.2, 0.25) is 0 Å². The summed E-state index contributed by atoms with van der Waals surface area (Å²) in [4.78, 5) is 12.0. The number of rotatable bonds is 2. The predicted molar refractivity (Wildman–Crippen MR) is 71.9 cm³/mol. The summed E-state index contributed by atoms with van der Waals surface area (Å²) in [5.74, 6) is -2.08. The lowest BCUT2D eigenvalue weighted by Crippen LogP contribution is -2.15. The smallest absolute Gasteiger partial charge is 0.262 e. The molecule has 0 saturated heterocycles. The van der Waals surface area contributed by atoms with E-state index in [1.54, 1.807) is 25.1 Å². The first-order valence-corrected chi connectivity index (χ1v) is 5.83. The number of nitrogens with one attached hydrogen (secondary N) is 1. The third kappa shape index (κ3) is 2.45. The van der Waals surface area contributed by atoms with E-state index in [0.29, 0.717) is 11.1 Å². The van der Waals surface area contributed by atoms with E-state index in [1.807, 2.05) is 6.07 Å². The number of benzene rings is 2. The topological polar surface area (TPSA) is 73.1 Å². The van der Waals surface area contributed by atoms with Crippen molar-refractivity contribution in [1.29, 1.82) is 5.26 Å². The van der Waals surface area contributed by atoms with Gasteiger partial charge in [-0.25, -0.2) is 4.39 Å². The van der Waals surface area contributed by atoms with Crippen molar-refractivity contribution < 1.29 is 14.3 Å². The summed E-state index contributed by atoms with van der Waals surface area (Å²) >= 11 is 0. The largest absolute Gasteiger partial charge is 0.507 e. The minimum Gasteiger partial charge on any atom is -0.507 e. The highest BCUT2D eigenvalue weighted by Gasteiger charge is 2.18. The van der Waals surface area contributed by atoms with Crippen molar-refractivity contribution in [2.75, 3.05) is 5.32 Å². The molecule has 0 spiro atoms. The monoisotopic (exact) mass is 270 g/mol. The highest BCUT2D eigenvalue weighted by Crippen LogP contribution is 2.23. The third-order valence-corrected chi connectivity index (χ3v) is 2.85. The van der Waals surface area contributed by atoms with Crippen molar-refractivity contribution in [2.45, 2.75) is 6.92 Å². The molecule has 2 aromatic rings. The average molecular weight is 270 g/mol. The molecule has 0 atom stereocenters. The van der Waals surface area contributed by atoms with Gasteiger partial charge in [0.05, 0.1) is 11.3 Å². The molecule has 0 heterocycles. The van der Waals surface area contributed by atoms with Gasteiger partial charge in [0.15, 0.2) is 0 Å². The molecule has 0 radical (unpaired) electrons. The molecule has 0 fully saturated rings. The van der Waals surface area contributed by atoms with Gasteiger partial charge in [0.1, 0.15) is 23.2 Å². The number of carbonyl (C=O) groups is 1. The number of phenols is 1. The maximum atomic E-state index is 13.6. The van der Waals surface area contributed by atoms with E-state index in [1.165, 1.54) is 12.1 Å². The molecule has 0 aliphatic rings. The molecule has 5 heteroatoms. The lowest BCUT2D eigenvalue weighted by atomic mass is 10.1. The van der Waals surface area contributed by atoms with Crippen molar-refractivity contribution in [2.24, 2.45) is 0 Å².